The predicted molar refractivity (Wildman–Crippen MR) is 111 cm³/mol. The summed E-state index contributed by atoms with van der Waals surface area (Å²) in [6, 6.07) is 1.88. The smallest absolute Gasteiger partial charge is 0.258 e. The molecular weight excluding hydrogens is 406 g/mol. The molecule has 1 aromatic carbocycles. The molecule has 2 N–H and O–H groups in total. The molecule has 0 saturated carbocycles. The van der Waals surface area contributed by atoms with E-state index in [1.54, 1.807) is 11.9 Å². The van der Waals surface area contributed by atoms with Gasteiger partial charge in [-0.15, -0.1) is 10.2 Å². The van der Waals surface area contributed by atoms with Crippen LogP contribution in [0.3, 0.4) is 0 Å². The Kier molecular flexibility index (Phi) is 3.86. The number of aromatic nitrogens is 4. The second-order valence-electron chi connectivity index (χ2n) is 8.11. The number of fused-ring (bicyclic) bond motifs is 3. The van der Waals surface area contributed by atoms with E-state index in [0.717, 1.165) is 18.9 Å². The van der Waals surface area contributed by atoms with Crippen LogP contribution in [0.15, 0.2) is 29.3 Å². The van der Waals surface area contributed by atoms with Crippen LogP contribution in [0.5, 0.6) is 5.75 Å². The van der Waals surface area contributed by atoms with E-state index >= 15 is 0 Å². The average Bonchev–Trinajstić information content (AvgIpc) is 3.21. The maximum Gasteiger partial charge on any atom is 0.258 e. The van der Waals surface area contributed by atoms with E-state index < -0.39 is 30.3 Å². The third-order valence-electron chi connectivity index (χ3n) is 6.29. The molecule has 4 atom stereocenters. The highest BCUT2D eigenvalue weighted by atomic mass is 19.1. The van der Waals surface area contributed by atoms with Gasteiger partial charge in [-0.1, -0.05) is 0 Å². The highest BCUT2D eigenvalue weighted by Crippen LogP contribution is 2.34. The summed E-state index contributed by atoms with van der Waals surface area (Å²) >= 11 is 0. The first kappa shape index (κ1) is 16.5. The standard InChI is InChI=1S/C21H22F2N6O2/c1-28-9-14(22)11-6-13(17(30)7-12(11)21(28)31)20-24-8-18(26-27-20)29(2)16-5-10-3-4-15(25-10)19(16)23/h6-10,15-16,19,25,30H,3-5H2,1-2H3/t10?,15?,16-,19+/m1/s1/i1D3. The molecule has 2 aliphatic rings. The molecule has 2 aliphatic heterocycles. The third kappa shape index (κ3) is 3.21. The van der Waals surface area contributed by atoms with Crippen LogP contribution in [0.1, 0.15) is 23.4 Å². The van der Waals surface area contributed by atoms with Crippen molar-refractivity contribution in [2.75, 3.05) is 11.9 Å². The number of aryl methyl sites for hydroxylation is 1. The summed E-state index contributed by atoms with van der Waals surface area (Å²) in [5, 5.41) is 21.4. The van der Waals surface area contributed by atoms with Crippen molar-refractivity contribution in [1.82, 2.24) is 25.1 Å². The van der Waals surface area contributed by atoms with Crippen molar-refractivity contribution < 1.29 is 18.0 Å². The van der Waals surface area contributed by atoms with Gasteiger partial charge in [0.2, 0.25) is 0 Å². The number of phenols is 1. The highest BCUT2D eigenvalue weighted by molar-refractivity contribution is 5.89. The lowest BCUT2D eigenvalue weighted by atomic mass is 9.96. The molecule has 3 aromatic rings. The number of hydrogen-bond donors (Lipinski definition) is 2. The fourth-order valence-electron chi connectivity index (χ4n) is 4.59. The van der Waals surface area contributed by atoms with Crippen LogP contribution in [0.4, 0.5) is 14.6 Å². The topological polar surface area (TPSA) is 96.2 Å². The molecule has 0 aliphatic carbocycles. The van der Waals surface area contributed by atoms with Crippen molar-refractivity contribution in [2.24, 2.45) is 6.98 Å². The number of benzene rings is 1. The van der Waals surface area contributed by atoms with Crippen molar-refractivity contribution in [3.8, 4) is 17.1 Å². The van der Waals surface area contributed by atoms with Gasteiger partial charge in [0.05, 0.1) is 23.2 Å². The maximum absolute atomic E-state index is 14.9. The number of nitrogens with one attached hydrogen (secondary N) is 1. The van der Waals surface area contributed by atoms with E-state index in [0.29, 0.717) is 23.0 Å². The van der Waals surface area contributed by atoms with Crippen molar-refractivity contribution in [1.29, 1.82) is 0 Å². The Hall–Kier alpha value is -3.14. The zero-order valence-electron chi connectivity index (χ0n) is 19.6. The van der Waals surface area contributed by atoms with Crippen molar-refractivity contribution in [3.63, 3.8) is 0 Å². The van der Waals surface area contributed by atoms with Gasteiger partial charge in [0.15, 0.2) is 11.6 Å². The molecular formula is C21H22F2N6O2. The van der Waals surface area contributed by atoms with Crippen molar-refractivity contribution in [3.05, 3.63) is 40.7 Å². The molecule has 2 bridgehead atoms. The summed E-state index contributed by atoms with van der Waals surface area (Å²) in [7, 11) is 1.73. The van der Waals surface area contributed by atoms with Crippen LogP contribution in [-0.4, -0.2) is 56.2 Å². The Labute approximate surface area is 180 Å². The van der Waals surface area contributed by atoms with Gasteiger partial charge < -0.3 is 19.9 Å². The number of rotatable bonds is 3. The lowest BCUT2D eigenvalue weighted by Crippen LogP contribution is -2.55. The molecule has 5 rings (SSSR count). The number of halogens is 2. The summed E-state index contributed by atoms with van der Waals surface area (Å²) in [5.74, 6) is -1.07. The van der Waals surface area contributed by atoms with Gasteiger partial charge in [0, 0.05) is 41.8 Å². The maximum atomic E-state index is 14.9. The normalized spacial score (nSPS) is 27.0. The summed E-state index contributed by atoms with van der Waals surface area (Å²) in [6.07, 6.45) is 3.32. The van der Waals surface area contributed by atoms with Gasteiger partial charge in [-0.05, 0) is 31.4 Å². The van der Waals surface area contributed by atoms with E-state index in [2.05, 4.69) is 20.5 Å². The summed E-state index contributed by atoms with van der Waals surface area (Å²) in [4.78, 5) is 18.4. The van der Waals surface area contributed by atoms with Crippen LogP contribution in [0.2, 0.25) is 0 Å². The first-order valence-electron chi connectivity index (χ1n) is 11.5. The molecule has 4 heterocycles. The second-order valence-corrected chi connectivity index (χ2v) is 8.11. The van der Waals surface area contributed by atoms with Crippen LogP contribution in [0.25, 0.3) is 22.2 Å². The number of piperidine rings is 1. The number of alkyl halides is 1. The van der Waals surface area contributed by atoms with E-state index in [9.17, 15) is 18.7 Å². The van der Waals surface area contributed by atoms with Gasteiger partial charge in [-0.2, -0.15) is 0 Å². The Morgan fingerprint density at radius 3 is 2.90 bits per heavy atom. The van der Waals surface area contributed by atoms with Crippen molar-refractivity contribution >= 4 is 16.6 Å². The van der Waals surface area contributed by atoms with Gasteiger partial charge >= 0.3 is 0 Å². The van der Waals surface area contributed by atoms with Gasteiger partial charge in [-0.25, -0.2) is 13.8 Å². The quantitative estimate of drug-likeness (QED) is 0.654. The molecule has 31 heavy (non-hydrogen) atoms. The summed E-state index contributed by atoms with van der Waals surface area (Å²) in [5.41, 5.74) is -0.951. The summed E-state index contributed by atoms with van der Waals surface area (Å²) in [6.45, 7) is -2.87. The first-order valence-corrected chi connectivity index (χ1v) is 9.96. The minimum atomic E-state index is -2.87. The molecule has 0 amide bonds. The molecule has 2 saturated heterocycles. The van der Waals surface area contributed by atoms with E-state index in [4.69, 9.17) is 4.11 Å². The van der Waals surface area contributed by atoms with Crippen LogP contribution in [-0.2, 0) is 6.98 Å². The zero-order valence-corrected chi connectivity index (χ0v) is 16.6. The Bertz CT molecular complexity index is 1320. The number of hydrogen-bond acceptors (Lipinski definition) is 7. The fraction of sp³-hybridized carbons (Fsp3) is 0.429. The molecule has 2 unspecified atom stereocenters. The molecule has 2 aromatic heterocycles. The van der Waals surface area contributed by atoms with Gasteiger partial charge in [0.1, 0.15) is 17.7 Å². The van der Waals surface area contributed by atoms with E-state index in [1.807, 2.05) is 0 Å². The molecule has 162 valence electrons. The predicted octanol–water partition coefficient (Wildman–Crippen LogP) is 1.90. The van der Waals surface area contributed by atoms with E-state index in [-0.39, 0.29) is 40.3 Å². The van der Waals surface area contributed by atoms with Crippen LogP contribution >= 0.6 is 0 Å². The number of aromatic hydroxyl groups is 1. The molecule has 2 fully saturated rings. The molecule has 0 spiro atoms. The zero-order chi connectivity index (χ0) is 24.4. The Balaban J connectivity index is 1.48. The second kappa shape index (κ2) is 7.23. The Morgan fingerprint density at radius 2 is 2.16 bits per heavy atom. The van der Waals surface area contributed by atoms with E-state index in [1.165, 1.54) is 12.3 Å². The summed E-state index contributed by atoms with van der Waals surface area (Å²) < 4.78 is 52.0. The SMILES string of the molecule is [2H]C([2H])([2H])n1cc(F)c2cc(-c3ncc(N(C)[C@@H]4CC5CCC(N5)[C@@H]4F)nn3)c(O)cc2c1=O. The van der Waals surface area contributed by atoms with Crippen LogP contribution in [0, 0.1) is 5.82 Å². The fourth-order valence-corrected chi connectivity index (χ4v) is 4.59. The molecule has 0 radical (unpaired) electrons. The number of pyridine rings is 1. The van der Waals surface area contributed by atoms with Crippen LogP contribution < -0.4 is 15.8 Å². The largest absolute Gasteiger partial charge is 0.507 e. The first-order chi connectivity index (χ1) is 16.0. The lowest BCUT2D eigenvalue weighted by Gasteiger charge is -2.38. The third-order valence-corrected chi connectivity index (χ3v) is 6.29. The minimum absolute atomic E-state index is 0.0161. The number of anilines is 1. The highest BCUT2D eigenvalue weighted by Gasteiger charge is 2.43. The lowest BCUT2D eigenvalue weighted by molar-refractivity contribution is 0.176. The molecule has 8 nitrogen and oxygen atoms in total. The van der Waals surface area contributed by atoms with Gasteiger partial charge in [0.25, 0.3) is 5.56 Å². The number of phenolic OH excluding ortho intramolecular Hbond substituents is 1. The van der Waals surface area contributed by atoms with Crippen molar-refractivity contribution in [2.45, 2.75) is 43.6 Å². The molecule has 10 heteroatoms. The number of nitrogens with zero attached hydrogens (tertiary/aromatic N) is 5. The Morgan fingerprint density at radius 1 is 1.32 bits per heavy atom. The monoisotopic (exact) mass is 431 g/mol. The minimum Gasteiger partial charge on any atom is -0.507 e. The average molecular weight is 431 g/mol. The van der Waals surface area contributed by atoms with Gasteiger partial charge in [-0.3, -0.25) is 4.79 Å².